The molecule has 0 aliphatic carbocycles. The summed E-state index contributed by atoms with van der Waals surface area (Å²) in [6, 6.07) is 11.8. The lowest BCUT2D eigenvalue weighted by atomic mass is 10.2. The molecule has 0 saturated carbocycles. The van der Waals surface area contributed by atoms with Gasteiger partial charge in [-0.15, -0.1) is 0 Å². The van der Waals surface area contributed by atoms with Crippen LogP contribution in [0, 0.1) is 0 Å². The third-order valence-corrected chi connectivity index (χ3v) is 4.13. The summed E-state index contributed by atoms with van der Waals surface area (Å²) < 4.78 is 10.1. The van der Waals surface area contributed by atoms with Crippen molar-refractivity contribution >= 4 is 17.4 Å². The maximum Gasteiger partial charge on any atom is 0.251 e. The number of amides is 1. The molecule has 2 heterocycles. The van der Waals surface area contributed by atoms with Crippen molar-refractivity contribution in [3.8, 4) is 0 Å². The maximum absolute atomic E-state index is 12.3. The molecule has 0 unspecified atom stereocenters. The topological polar surface area (TPSA) is 63.7 Å². The molecule has 6 heteroatoms. The van der Waals surface area contributed by atoms with E-state index >= 15 is 0 Å². The molecule has 0 fully saturated rings. The van der Waals surface area contributed by atoms with Gasteiger partial charge in [-0.05, 0) is 30.2 Å². The van der Waals surface area contributed by atoms with E-state index in [1.165, 1.54) is 19.8 Å². The van der Waals surface area contributed by atoms with E-state index in [2.05, 4.69) is 27.3 Å². The smallest absolute Gasteiger partial charge is 0.251 e. The van der Waals surface area contributed by atoms with Crippen LogP contribution in [0.25, 0.3) is 0 Å². The molecule has 1 aliphatic rings. The lowest BCUT2D eigenvalue weighted by molar-refractivity contribution is -0.0974. The van der Waals surface area contributed by atoms with Gasteiger partial charge in [-0.3, -0.25) is 4.79 Å². The Labute approximate surface area is 141 Å². The Bertz CT molecular complexity index is 716. The van der Waals surface area contributed by atoms with Gasteiger partial charge in [-0.25, -0.2) is 4.98 Å². The van der Waals surface area contributed by atoms with Gasteiger partial charge < -0.3 is 19.7 Å². The van der Waals surface area contributed by atoms with Gasteiger partial charge in [0.25, 0.3) is 5.91 Å². The molecule has 24 heavy (non-hydrogen) atoms. The largest absolute Gasteiger partial charge is 0.354 e. The van der Waals surface area contributed by atoms with Gasteiger partial charge >= 0.3 is 0 Å². The van der Waals surface area contributed by atoms with Crippen LogP contribution in [-0.2, 0) is 15.9 Å². The Morgan fingerprint density at radius 3 is 2.88 bits per heavy atom. The quantitative estimate of drug-likeness (QED) is 0.824. The summed E-state index contributed by atoms with van der Waals surface area (Å²) in [7, 11) is 3.07. The predicted molar refractivity (Wildman–Crippen MR) is 91.5 cm³/mol. The number of benzene rings is 1. The molecule has 0 atom stereocenters. The number of fused-ring (bicyclic) bond motifs is 1. The number of para-hydroxylation sites is 1. The molecule has 0 bridgehead atoms. The zero-order valence-corrected chi connectivity index (χ0v) is 13.9. The number of aromatic nitrogens is 1. The van der Waals surface area contributed by atoms with E-state index < -0.39 is 6.29 Å². The van der Waals surface area contributed by atoms with Crippen molar-refractivity contribution in [2.75, 3.05) is 32.2 Å². The minimum Gasteiger partial charge on any atom is -0.354 e. The van der Waals surface area contributed by atoms with Gasteiger partial charge in [0, 0.05) is 38.2 Å². The normalized spacial score (nSPS) is 13.2. The summed E-state index contributed by atoms with van der Waals surface area (Å²) in [4.78, 5) is 18.9. The minimum absolute atomic E-state index is 0.176. The third-order valence-electron chi connectivity index (χ3n) is 4.13. The van der Waals surface area contributed by atoms with E-state index in [0.717, 1.165) is 24.5 Å². The Morgan fingerprint density at radius 2 is 2.08 bits per heavy atom. The molecule has 1 aliphatic heterocycles. The van der Waals surface area contributed by atoms with Crippen LogP contribution < -0.4 is 10.2 Å². The Balaban J connectivity index is 1.74. The van der Waals surface area contributed by atoms with Crippen molar-refractivity contribution in [3.63, 3.8) is 0 Å². The standard InChI is InChI=1S/C18H21N3O3/c1-23-17(24-2)12-20-18(22)14-7-9-19-16(11-14)21-10-8-13-5-3-4-6-15(13)21/h3-7,9,11,17H,8,10,12H2,1-2H3,(H,20,22). The second-order valence-corrected chi connectivity index (χ2v) is 5.54. The maximum atomic E-state index is 12.3. The van der Waals surface area contributed by atoms with Crippen LogP contribution in [0.5, 0.6) is 0 Å². The van der Waals surface area contributed by atoms with Gasteiger partial charge in [0.1, 0.15) is 5.82 Å². The molecule has 3 rings (SSSR count). The number of rotatable bonds is 6. The molecule has 0 radical (unpaired) electrons. The van der Waals surface area contributed by atoms with Gasteiger partial charge in [0.2, 0.25) is 0 Å². The zero-order valence-electron chi connectivity index (χ0n) is 13.9. The first-order chi connectivity index (χ1) is 11.7. The molecular formula is C18H21N3O3. The average molecular weight is 327 g/mol. The van der Waals surface area contributed by atoms with Gasteiger partial charge in [-0.1, -0.05) is 18.2 Å². The van der Waals surface area contributed by atoms with Crippen LogP contribution in [0.1, 0.15) is 15.9 Å². The molecular weight excluding hydrogens is 306 g/mol. The first-order valence-corrected chi connectivity index (χ1v) is 7.88. The van der Waals surface area contributed by atoms with Crippen LogP contribution in [0.3, 0.4) is 0 Å². The summed E-state index contributed by atoms with van der Waals surface area (Å²) in [6.07, 6.45) is 2.19. The minimum atomic E-state index is -0.458. The van der Waals surface area contributed by atoms with Crippen LogP contribution in [0.15, 0.2) is 42.6 Å². The summed E-state index contributed by atoms with van der Waals surface area (Å²) in [6.45, 7) is 1.16. The van der Waals surface area contributed by atoms with Gasteiger partial charge in [0.05, 0.1) is 6.54 Å². The number of carbonyl (C=O) groups is 1. The predicted octanol–water partition coefficient (Wildman–Crippen LogP) is 2.12. The van der Waals surface area contributed by atoms with Crippen molar-refractivity contribution in [3.05, 3.63) is 53.7 Å². The van der Waals surface area contributed by atoms with E-state index in [4.69, 9.17) is 9.47 Å². The van der Waals surface area contributed by atoms with Crippen molar-refractivity contribution in [1.82, 2.24) is 10.3 Å². The highest BCUT2D eigenvalue weighted by Gasteiger charge is 2.21. The molecule has 1 amide bonds. The van der Waals surface area contributed by atoms with Gasteiger partial charge in [-0.2, -0.15) is 0 Å². The molecule has 2 aromatic rings. The van der Waals surface area contributed by atoms with Crippen LogP contribution in [-0.4, -0.2) is 44.5 Å². The number of anilines is 2. The van der Waals surface area contributed by atoms with Crippen LogP contribution in [0.4, 0.5) is 11.5 Å². The molecule has 1 N–H and O–H groups in total. The highest BCUT2D eigenvalue weighted by atomic mass is 16.7. The Morgan fingerprint density at radius 1 is 1.29 bits per heavy atom. The van der Waals surface area contributed by atoms with Crippen molar-refractivity contribution < 1.29 is 14.3 Å². The number of ether oxygens (including phenoxy) is 2. The van der Waals surface area contributed by atoms with Crippen molar-refractivity contribution in [1.29, 1.82) is 0 Å². The number of carbonyl (C=O) groups excluding carboxylic acids is 1. The molecule has 1 aromatic heterocycles. The molecule has 1 aromatic carbocycles. The number of nitrogens with one attached hydrogen (secondary N) is 1. The monoisotopic (exact) mass is 327 g/mol. The first kappa shape index (κ1) is 16.4. The highest BCUT2D eigenvalue weighted by Crippen LogP contribution is 2.33. The van der Waals surface area contributed by atoms with E-state index in [1.54, 1.807) is 12.3 Å². The number of hydrogen-bond acceptors (Lipinski definition) is 5. The summed E-state index contributed by atoms with van der Waals surface area (Å²) in [5, 5.41) is 2.80. The number of nitrogens with zero attached hydrogens (tertiary/aromatic N) is 2. The summed E-state index contributed by atoms with van der Waals surface area (Å²) in [5.41, 5.74) is 3.02. The second-order valence-electron chi connectivity index (χ2n) is 5.54. The number of pyridine rings is 1. The molecule has 0 spiro atoms. The molecule has 126 valence electrons. The van der Waals surface area contributed by atoms with Crippen LogP contribution >= 0.6 is 0 Å². The number of methoxy groups -OCH3 is 2. The van der Waals surface area contributed by atoms with E-state index in [-0.39, 0.29) is 12.5 Å². The van der Waals surface area contributed by atoms with E-state index in [9.17, 15) is 4.79 Å². The molecule has 0 saturated heterocycles. The van der Waals surface area contributed by atoms with Crippen molar-refractivity contribution in [2.45, 2.75) is 12.7 Å². The first-order valence-electron chi connectivity index (χ1n) is 7.88. The van der Waals surface area contributed by atoms with Crippen molar-refractivity contribution in [2.24, 2.45) is 0 Å². The lowest BCUT2D eigenvalue weighted by Crippen LogP contribution is -2.34. The van der Waals surface area contributed by atoms with Gasteiger partial charge in [0.15, 0.2) is 6.29 Å². The fourth-order valence-corrected chi connectivity index (χ4v) is 2.82. The van der Waals surface area contributed by atoms with Crippen LogP contribution in [0.2, 0.25) is 0 Å². The van der Waals surface area contributed by atoms with E-state index in [0.29, 0.717) is 5.56 Å². The summed E-state index contributed by atoms with van der Waals surface area (Å²) >= 11 is 0. The highest BCUT2D eigenvalue weighted by molar-refractivity contribution is 5.95. The zero-order chi connectivity index (χ0) is 16.9. The Hall–Kier alpha value is -2.44. The Kier molecular flexibility index (Phi) is 5.08. The lowest BCUT2D eigenvalue weighted by Gasteiger charge is -2.19. The SMILES string of the molecule is COC(CNC(=O)c1ccnc(N2CCc3ccccc32)c1)OC. The second kappa shape index (κ2) is 7.42. The van der Waals surface area contributed by atoms with E-state index in [1.807, 2.05) is 18.2 Å². The third kappa shape index (κ3) is 3.39. The molecule has 6 nitrogen and oxygen atoms in total. The number of hydrogen-bond donors (Lipinski definition) is 1. The fourth-order valence-electron chi connectivity index (χ4n) is 2.82. The average Bonchev–Trinajstić information content (AvgIpc) is 3.06. The fraction of sp³-hybridized carbons (Fsp3) is 0.333. The summed E-state index contributed by atoms with van der Waals surface area (Å²) in [5.74, 6) is 0.605.